The summed E-state index contributed by atoms with van der Waals surface area (Å²) in [4.78, 5) is 12.0. The molecule has 23 heavy (non-hydrogen) atoms. The monoisotopic (exact) mass is 331 g/mol. The number of amides is 1. The number of hydrogen-bond donors (Lipinski definition) is 1. The van der Waals surface area contributed by atoms with Gasteiger partial charge in [0.2, 0.25) is 5.91 Å². The van der Waals surface area contributed by atoms with E-state index in [0.717, 1.165) is 11.1 Å². The highest BCUT2D eigenvalue weighted by Gasteiger charge is 2.04. The average molecular weight is 332 g/mol. The van der Waals surface area contributed by atoms with Gasteiger partial charge in [-0.2, -0.15) is 0 Å². The van der Waals surface area contributed by atoms with E-state index in [1.807, 2.05) is 25.1 Å². The minimum absolute atomic E-state index is 0.236. The molecule has 0 spiro atoms. The molecule has 1 N–H and O–H groups in total. The number of aryl methyl sites for hydroxylation is 1. The Labute approximate surface area is 140 Å². The van der Waals surface area contributed by atoms with Gasteiger partial charge >= 0.3 is 0 Å². The van der Waals surface area contributed by atoms with Crippen molar-refractivity contribution in [3.63, 3.8) is 0 Å². The van der Waals surface area contributed by atoms with Crippen molar-refractivity contribution < 1.29 is 14.3 Å². The minimum Gasteiger partial charge on any atom is -0.493 e. The Bertz CT molecular complexity index is 741. The van der Waals surface area contributed by atoms with Gasteiger partial charge in [-0.25, -0.2) is 0 Å². The molecule has 2 aromatic carbocycles. The van der Waals surface area contributed by atoms with Crippen molar-refractivity contribution >= 4 is 29.3 Å². The van der Waals surface area contributed by atoms with Crippen LogP contribution >= 0.6 is 11.6 Å². The number of nitrogens with one attached hydrogen (secondary N) is 1. The second kappa shape index (κ2) is 7.70. The number of ether oxygens (including phenoxy) is 2. The zero-order valence-electron chi connectivity index (χ0n) is 13.2. The number of rotatable bonds is 5. The van der Waals surface area contributed by atoms with Gasteiger partial charge in [-0.3, -0.25) is 4.79 Å². The van der Waals surface area contributed by atoms with E-state index < -0.39 is 0 Å². The van der Waals surface area contributed by atoms with E-state index in [-0.39, 0.29) is 5.91 Å². The van der Waals surface area contributed by atoms with Crippen LogP contribution in [0.5, 0.6) is 11.5 Å². The number of carbonyl (C=O) groups is 1. The molecule has 0 heterocycles. The highest BCUT2D eigenvalue weighted by atomic mass is 35.5. The zero-order chi connectivity index (χ0) is 16.8. The lowest BCUT2D eigenvalue weighted by Crippen LogP contribution is -2.07. The maximum atomic E-state index is 12.0. The number of methoxy groups -OCH3 is 2. The van der Waals surface area contributed by atoms with Crippen molar-refractivity contribution in [1.82, 2.24) is 0 Å². The van der Waals surface area contributed by atoms with Crippen molar-refractivity contribution in [2.75, 3.05) is 19.5 Å². The molecule has 0 unspecified atom stereocenters. The maximum Gasteiger partial charge on any atom is 0.248 e. The summed E-state index contributed by atoms with van der Waals surface area (Å²) in [6.07, 6.45) is 3.15. The van der Waals surface area contributed by atoms with Gasteiger partial charge in [0.05, 0.1) is 14.2 Å². The summed E-state index contributed by atoms with van der Waals surface area (Å²) >= 11 is 6.04. The van der Waals surface area contributed by atoms with E-state index in [9.17, 15) is 4.79 Å². The standard InChI is InChI=1S/C18H18ClNO3/c1-12-4-7-14(11-15(12)19)20-18(21)9-6-13-5-8-16(22-2)17(10-13)23-3/h4-11H,1-3H3,(H,20,21)/b9-6+. The summed E-state index contributed by atoms with van der Waals surface area (Å²) in [5.74, 6) is 1.02. The molecule has 0 aromatic heterocycles. The largest absolute Gasteiger partial charge is 0.493 e. The van der Waals surface area contributed by atoms with Gasteiger partial charge in [-0.15, -0.1) is 0 Å². The van der Waals surface area contributed by atoms with Crippen LogP contribution in [0.15, 0.2) is 42.5 Å². The van der Waals surface area contributed by atoms with E-state index in [1.165, 1.54) is 6.08 Å². The van der Waals surface area contributed by atoms with Gasteiger partial charge in [0.1, 0.15) is 0 Å². The summed E-state index contributed by atoms with van der Waals surface area (Å²) in [6, 6.07) is 10.8. The van der Waals surface area contributed by atoms with Gasteiger partial charge in [0, 0.05) is 16.8 Å². The first-order valence-electron chi connectivity index (χ1n) is 7.00. The fourth-order valence-electron chi connectivity index (χ4n) is 1.98. The number of hydrogen-bond acceptors (Lipinski definition) is 3. The molecule has 0 saturated carbocycles. The molecule has 2 rings (SSSR count). The van der Waals surface area contributed by atoms with Crippen molar-refractivity contribution in [2.24, 2.45) is 0 Å². The average Bonchev–Trinajstić information content (AvgIpc) is 2.56. The first-order chi connectivity index (χ1) is 11.0. The smallest absolute Gasteiger partial charge is 0.248 e. The first kappa shape index (κ1) is 16.9. The number of anilines is 1. The number of carbonyl (C=O) groups excluding carboxylic acids is 1. The lowest BCUT2D eigenvalue weighted by Gasteiger charge is -2.07. The van der Waals surface area contributed by atoms with Gasteiger partial charge in [-0.1, -0.05) is 23.7 Å². The van der Waals surface area contributed by atoms with Crippen LogP contribution in [0.4, 0.5) is 5.69 Å². The molecule has 2 aromatic rings. The number of benzene rings is 2. The Morgan fingerprint density at radius 2 is 1.83 bits per heavy atom. The SMILES string of the molecule is COc1ccc(/C=C/C(=O)Nc2ccc(C)c(Cl)c2)cc1OC. The quantitative estimate of drug-likeness (QED) is 0.830. The molecule has 0 bridgehead atoms. The van der Waals surface area contributed by atoms with Crippen LogP contribution in [0, 0.1) is 6.92 Å². The molecule has 0 aliphatic rings. The molecule has 0 radical (unpaired) electrons. The van der Waals surface area contributed by atoms with E-state index in [0.29, 0.717) is 22.2 Å². The second-order valence-electron chi connectivity index (χ2n) is 4.90. The zero-order valence-corrected chi connectivity index (χ0v) is 14.0. The van der Waals surface area contributed by atoms with Crippen LogP contribution in [0.25, 0.3) is 6.08 Å². The van der Waals surface area contributed by atoms with E-state index >= 15 is 0 Å². The summed E-state index contributed by atoms with van der Waals surface area (Å²) in [6.45, 7) is 1.91. The van der Waals surface area contributed by atoms with Crippen LogP contribution in [0.3, 0.4) is 0 Å². The van der Waals surface area contributed by atoms with E-state index in [2.05, 4.69) is 5.32 Å². The third-order valence-electron chi connectivity index (χ3n) is 3.27. The molecule has 1 amide bonds. The molecule has 0 atom stereocenters. The third-order valence-corrected chi connectivity index (χ3v) is 3.68. The van der Waals surface area contributed by atoms with Crippen LogP contribution in [0.1, 0.15) is 11.1 Å². The molecular weight excluding hydrogens is 314 g/mol. The minimum atomic E-state index is -0.236. The molecular formula is C18H18ClNO3. The lowest BCUT2D eigenvalue weighted by atomic mass is 10.2. The molecule has 0 aliphatic heterocycles. The van der Waals surface area contributed by atoms with Crippen LogP contribution < -0.4 is 14.8 Å². The molecule has 0 fully saturated rings. The predicted molar refractivity (Wildman–Crippen MR) is 93.4 cm³/mol. The predicted octanol–water partition coefficient (Wildman–Crippen LogP) is 4.32. The third kappa shape index (κ3) is 4.50. The van der Waals surface area contributed by atoms with Crippen molar-refractivity contribution in [1.29, 1.82) is 0 Å². The maximum absolute atomic E-state index is 12.0. The van der Waals surface area contributed by atoms with Crippen molar-refractivity contribution in [3.05, 3.63) is 58.6 Å². The van der Waals surface area contributed by atoms with Gasteiger partial charge < -0.3 is 14.8 Å². The van der Waals surface area contributed by atoms with Gasteiger partial charge in [0.15, 0.2) is 11.5 Å². The molecule has 120 valence electrons. The second-order valence-corrected chi connectivity index (χ2v) is 5.31. The van der Waals surface area contributed by atoms with E-state index in [1.54, 1.807) is 38.5 Å². The normalized spacial score (nSPS) is 10.6. The summed E-state index contributed by atoms with van der Waals surface area (Å²) in [7, 11) is 3.15. The molecule has 0 aliphatic carbocycles. The fourth-order valence-corrected chi connectivity index (χ4v) is 2.16. The van der Waals surface area contributed by atoms with Crippen LogP contribution in [0.2, 0.25) is 5.02 Å². The van der Waals surface area contributed by atoms with Crippen molar-refractivity contribution in [2.45, 2.75) is 6.92 Å². The van der Waals surface area contributed by atoms with Gasteiger partial charge in [-0.05, 0) is 48.4 Å². The highest BCUT2D eigenvalue weighted by molar-refractivity contribution is 6.31. The Kier molecular flexibility index (Phi) is 5.66. The summed E-state index contributed by atoms with van der Waals surface area (Å²) in [5.41, 5.74) is 2.45. The Morgan fingerprint density at radius 1 is 1.09 bits per heavy atom. The van der Waals surface area contributed by atoms with Gasteiger partial charge in [0.25, 0.3) is 0 Å². The fraction of sp³-hybridized carbons (Fsp3) is 0.167. The Hall–Kier alpha value is -2.46. The molecule has 4 nitrogen and oxygen atoms in total. The van der Waals surface area contributed by atoms with Crippen LogP contribution in [-0.2, 0) is 4.79 Å². The molecule has 5 heteroatoms. The highest BCUT2D eigenvalue weighted by Crippen LogP contribution is 2.28. The van der Waals surface area contributed by atoms with Crippen LogP contribution in [-0.4, -0.2) is 20.1 Å². The number of halogens is 1. The Morgan fingerprint density at radius 3 is 2.48 bits per heavy atom. The first-order valence-corrected chi connectivity index (χ1v) is 7.38. The topological polar surface area (TPSA) is 47.6 Å². The molecule has 0 saturated heterocycles. The van der Waals surface area contributed by atoms with E-state index in [4.69, 9.17) is 21.1 Å². The van der Waals surface area contributed by atoms with Crippen molar-refractivity contribution in [3.8, 4) is 11.5 Å². The Balaban J connectivity index is 2.07. The lowest BCUT2D eigenvalue weighted by molar-refractivity contribution is -0.111. The summed E-state index contributed by atoms with van der Waals surface area (Å²) in [5, 5.41) is 3.38. The summed E-state index contributed by atoms with van der Waals surface area (Å²) < 4.78 is 10.4.